The molecule has 0 spiro atoms. The Morgan fingerprint density at radius 3 is 3.00 bits per heavy atom. The van der Waals surface area contributed by atoms with Crippen molar-refractivity contribution >= 4 is 29.0 Å². The SMILES string of the molecule is O=C(CCSc1ccccc1)N1CC[C@@H](c2noc(-c3ccsc3)n2)C1. The fraction of sp³-hybridized carbons (Fsp3) is 0.316. The zero-order valence-electron chi connectivity index (χ0n) is 14.2. The summed E-state index contributed by atoms with van der Waals surface area (Å²) >= 11 is 3.32. The van der Waals surface area contributed by atoms with E-state index in [0.717, 1.165) is 24.3 Å². The summed E-state index contributed by atoms with van der Waals surface area (Å²) in [5.74, 6) is 2.44. The van der Waals surface area contributed by atoms with Gasteiger partial charge in [0, 0.05) is 41.5 Å². The lowest BCUT2D eigenvalue weighted by atomic mass is 10.1. The number of aromatic nitrogens is 2. The molecule has 7 heteroatoms. The summed E-state index contributed by atoms with van der Waals surface area (Å²) in [5, 5.41) is 8.11. The number of likely N-dealkylation sites (tertiary alicyclic amines) is 1. The first-order valence-electron chi connectivity index (χ1n) is 8.61. The average molecular weight is 386 g/mol. The highest BCUT2D eigenvalue weighted by atomic mass is 32.2. The maximum absolute atomic E-state index is 12.5. The molecule has 0 saturated carbocycles. The van der Waals surface area contributed by atoms with Gasteiger partial charge in [-0.05, 0) is 30.0 Å². The molecule has 3 aromatic rings. The van der Waals surface area contributed by atoms with Crippen molar-refractivity contribution in [3.63, 3.8) is 0 Å². The molecule has 1 atom stereocenters. The van der Waals surface area contributed by atoms with E-state index >= 15 is 0 Å². The number of amides is 1. The number of hydrogen-bond donors (Lipinski definition) is 0. The van der Waals surface area contributed by atoms with Crippen LogP contribution in [0.4, 0.5) is 0 Å². The molecule has 1 aliphatic heterocycles. The van der Waals surface area contributed by atoms with Crippen molar-refractivity contribution in [1.29, 1.82) is 0 Å². The van der Waals surface area contributed by atoms with Crippen LogP contribution in [0.3, 0.4) is 0 Å². The first kappa shape index (κ1) is 17.3. The van der Waals surface area contributed by atoms with Crippen molar-refractivity contribution in [3.8, 4) is 11.5 Å². The molecule has 1 saturated heterocycles. The minimum atomic E-state index is 0.164. The van der Waals surface area contributed by atoms with Gasteiger partial charge < -0.3 is 9.42 Å². The predicted molar refractivity (Wildman–Crippen MR) is 103 cm³/mol. The Bertz CT molecular complexity index is 849. The number of nitrogens with zero attached hydrogens (tertiary/aromatic N) is 3. The van der Waals surface area contributed by atoms with Crippen LogP contribution in [-0.2, 0) is 4.79 Å². The Morgan fingerprint density at radius 2 is 2.19 bits per heavy atom. The molecule has 26 heavy (non-hydrogen) atoms. The standard InChI is InChI=1S/C19H19N3O2S2/c23-17(8-11-26-16-4-2-1-3-5-16)22-9-6-14(12-22)18-20-19(24-21-18)15-7-10-25-13-15/h1-5,7,10,13-14H,6,8-9,11-12H2/t14-/m1/s1. The van der Waals surface area contributed by atoms with Crippen LogP contribution < -0.4 is 0 Å². The highest BCUT2D eigenvalue weighted by Gasteiger charge is 2.30. The number of rotatable bonds is 6. The molecule has 1 amide bonds. The summed E-state index contributed by atoms with van der Waals surface area (Å²) in [7, 11) is 0. The van der Waals surface area contributed by atoms with Crippen molar-refractivity contribution in [2.75, 3.05) is 18.8 Å². The maximum atomic E-state index is 12.5. The van der Waals surface area contributed by atoms with Crippen molar-refractivity contribution in [1.82, 2.24) is 15.0 Å². The van der Waals surface area contributed by atoms with Gasteiger partial charge in [0.1, 0.15) is 0 Å². The molecule has 1 fully saturated rings. The molecule has 4 rings (SSSR count). The molecule has 5 nitrogen and oxygen atoms in total. The van der Waals surface area contributed by atoms with Crippen LogP contribution in [-0.4, -0.2) is 39.8 Å². The number of carbonyl (C=O) groups excluding carboxylic acids is 1. The van der Waals surface area contributed by atoms with Gasteiger partial charge in [0.2, 0.25) is 5.91 Å². The average Bonchev–Trinajstić information content (AvgIpc) is 3.42. The van der Waals surface area contributed by atoms with Gasteiger partial charge in [-0.1, -0.05) is 23.4 Å². The van der Waals surface area contributed by atoms with E-state index in [1.54, 1.807) is 23.1 Å². The van der Waals surface area contributed by atoms with Gasteiger partial charge in [-0.2, -0.15) is 16.3 Å². The van der Waals surface area contributed by atoms with Crippen LogP contribution in [0.1, 0.15) is 24.6 Å². The van der Waals surface area contributed by atoms with E-state index in [0.29, 0.717) is 24.7 Å². The minimum absolute atomic E-state index is 0.164. The molecule has 0 unspecified atom stereocenters. The van der Waals surface area contributed by atoms with Crippen LogP contribution in [0.2, 0.25) is 0 Å². The summed E-state index contributed by atoms with van der Waals surface area (Å²) in [6.45, 7) is 1.44. The zero-order valence-corrected chi connectivity index (χ0v) is 15.8. The van der Waals surface area contributed by atoms with Gasteiger partial charge in [-0.25, -0.2) is 0 Å². The number of thioether (sulfide) groups is 1. The summed E-state index contributed by atoms with van der Waals surface area (Å²) in [4.78, 5) is 20.1. The smallest absolute Gasteiger partial charge is 0.258 e. The molecular weight excluding hydrogens is 366 g/mol. The van der Waals surface area contributed by atoms with E-state index in [-0.39, 0.29) is 11.8 Å². The van der Waals surface area contributed by atoms with Gasteiger partial charge >= 0.3 is 0 Å². The lowest BCUT2D eigenvalue weighted by molar-refractivity contribution is -0.129. The number of hydrogen-bond acceptors (Lipinski definition) is 6. The van der Waals surface area contributed by atoms with Crippen LogP contribution in [0.5, 0.6) is 0 Å². The monoisotopic (exact) mass is 385 g/mol. The van der Waals surface area contributed by atoms with Gasteiger partial charge in [0.25, 0.3) is 5.89 Å². The number of carbonyl (C=O) groups is 1. The molecule has 134 valence electrons. The van der Waals surface area contributed by atoms with Crippen molar-refractivity contribution in [2.24, 2.45) is 0 Å². The Morgan fingerprint density at radius 1 is 1.31 bits per heavy atom. The Balaban J connectivity index is 1.28. The number of benzene rings is 1. The lowest BCUT2D eigenvalue weighted by Gasteiger charge is -2.15. The van der Waals surface area contributed by atoms with E-state index in [9.17, 15) is 4.79 Å². The number of thiophene rings is 1. The van der Waals surface area contributed by atoms with Gasteiger partial charge in [0.15, 0.2) is 5.82 Å². The molecule has 0 N–H and O–H groups in total. The third kappa shape index (κ3) is 3.99. The van der Waals surface area contributed by atoms with Crippen LogP contribution in [0.25, 0.3) is 11.5 Å². The highest BCUT2D eigenvalue weighted by Crippen LogP contribution is 2.28. The minimum Gasteiger partial charge on any atom is -0.342 e. The highest BCUT2D eigenvalue weighted by molar-refractivity contribution is 7.99. The predicted octanol–water partition coefficient (Wildman–Crippen LogP) is 4.30. The van der Waals surface area contributed by atoms with E-state index in [2.05, 4.69) is 22.3 Å². The third-order valence-corrected chi connectivity index (χ3v) is 6.14. The molecule has 0 bridgehead atoms. The summed E-state index contributed by atoms with van der Waals surface area (Å²) in [6.07, 6.45) is 1.44. The summed E-state index contributed by atoms with van der Waals surface area (Å²) < 4.78 is 5.37. The quantitative estimate of drug-likeness (QED) is 0.592. The van der Waals surface area contributed by atoms with Gasteiger partial charge in [0.05, 0.1) is 5.56 Å². The summed E-state index contributed by atoms with van der Waals surface area (Å²) in [5.41, 5.74) is 0.956. The van der Waals surface area contributed by atoms with Crippen LogP contribution >= 0.6 is 23.1 Å². The lowest BCUT2D eigenvalue weighted by Crippen LogP contribution is -2.28. The second kappa shape index (κ2) is 8.05. The first-order valence-corrected chi connectivity index (χ1v) is 10.5. The third-order valence-electron chi connectivity index (χ3n) is 4.44. The second-order valence-electron chi connectivity index (χ2n) is 6.21. The van der Waals surface area contributed by atoms with Crippen molar-refractivity contribution in [2.45, 2.75) is 23.7 Å². The fourth-order valence-corrected chi connectivity index (χ4v) is 4.52. The molecule has 0 radical (unpaired) electrons. The largest absolute Gasteiger partial charge is 0.342 e. The molecule has 3 heterocycles. The van der Waals surface area contributed by atoms with Crippen LogP contribution in [0.15, 0.2) is 56.6 Å². The molecular formula is C19H19N3O2S2. The van der Waals surface area contributed by atoms with Crippen molar-refractivity contribution < 1.29 is 9.32 Å². The molecule has 1 aromatic carbocycles. The van der Waals surface area contributed by atoms with E-state index in [4.69, 9.17) is 4.52 Å². The Hall–Kier alpha value is -2.12. The molecule has 1 aliphatic rings. The Labute approximate surface area is 160 Å². The maximum Gasteiger partial charge on any atom is 0.258 e. The summed E-state index contributed by atoms with van der Waals surface area (Å²) in [6, 6.07) is 12.2. The second-order valence-corrected chi connectivity index (χ2v) is 8.15. The van der Waals surface area contributed by atoms with E-state index < -0.39 is 0 Å². The van der Waals surface area contributed by atoms with E-state index in [1.165, 1.54) is 4.90 Å². The van der Waals surface area contributed by atoms with Gasteiger partial charge in [-0.3, -0.25) is 4.79 Å². The Kier molecular flexibility index (Phi) is 5.36. The van der Waals surface area contributed by atoms with Gasteiger partial charge in [-0.15, -0.1) is 11.8 Å². The normalized spacial score (nSPS) is 16.9. The van der Waals surface area contributed by atoms with E-state index in [1.807, 2.05) is 39.9 Å². The first-order chi connectivity index (χ1) is 12.8. The fourth-order valence-electron chi connectivity index (χ4n) is 3.03. The van der Waals surface area contributed by atoms with Crippen LogP contribution in [0, 0.1) is 0 Å². The van der Waals surface area contributed by atoms with Crippen molar-refractivity contribution in [3.05, 3.63) is 53.0 Å². The topological polar surface area (TPSA) is 59.2 Å². The molecule has 2 aromatic heterocycles. The molecule has 0 aliphatic carbocycles. The zero-order chi connectivity index (χ0) is 17.8.